The number of aromatic nitrogens is 3. The van der Waals surface area contributed by atoms with Crippen LogP contribution in [0.5, 0.6) is 5.75 Å². The van der Waals surface area contributed by atoms with E-state index in [-0.39, 0.29) is 21.7 Å². The van der Waals surface area contributed by atoms with Crippen molar-refractivity contribution in [3.05, 3.63) is 119 Å². The number of aromatic hydroxyl groups is 1. The number of imidazole rings is 1. The highest BCUT2D eigenvalue weighted by molar-refractivity contribution is 5.84. The fourth-order valence-corrected chi connectivity index (χ4v) is 6.76. The van der Waals surface area contributed by atoms with Crippen LogP contribution in [0.2, 0.25) is 0 Å². The van der Waals surface area contributed by atoms with Gasteiger partial charge in [-0.3, -0.25) is 4.98 Å². The molecule has 4 nitrogen and oxygen atoms in total. The molecule has 1 N–H and O–H groups in total. The summed E-state index contributed by atoms with van der Waals surface area (Å²) in [5.41, 5.74) is 14.4. The number of pyridine rings is 2. The van der Waals surface area contributed by atoms with Crippen LogP contribution in [-0.4, -0.2) is 19.5 Å². The summed E-state index contributed by atoms with van der Waals surface area (Å²) in [6.07, 6.45) is 3.99. The Morgan fingerprint density at radius 2 is 1.16 bits per heavy atom. The molecule has 0 bridgehead atoms. The lowest BCUT2D eigenvalue weighted by Crippen LogP contribution is -2.17. The van der Waals surface area contributed by atoms with Crippen molar-refractivity contribution in [1.82, 2.24) is 14.4 Å². The molecule has 4 heteroatoms. The van der Waals surface area contributed by atoms with E-state index in [9.17, 15) is 5.11 Å². The van der Waals surface area contributed by atoms with Crippen LogP contribution < -0.4 is 0 Å². The second-order valence-corrected chi connectivity index (χ2v) is 18.4. The van der Waals surface area contributed by atoms with Crippen LogP contribution in [0.25, 0.3) is 50.4 Å². The molecule has 0 unspecified atom stereocenters. The van der Waals surface area contributed by atoms with Gasteiger partial charge in [-0.2, -0.15) is 0 Å². The zero-order valence-electron chi connectivity index (χ0n) is 32.9. The van der Waals surface area contributed by atoms with E-state index in [0.717, 1.165) is 56.1 Å². The monoisotopic (exact) mass is 677 g/mol. The number of benzene rings is 3. The molecule has 0 aliphatic carbocycles. The Morgan fingerprint density at radius 3 is 1.76 bits per heavy atom. The molecule has 264 valence electrons. The lowest BCUT2D eigenvalue weighted by molar-refractivity contribution is 0.446. The first-order valence-corrected chi connectivity index (χ1v) is 18.2. The Bertz CT molecular complexity index is 2230. The van der Waals surface area contributed by atoms with Crippen LogP contribution in [0.1, 0.15) is 111 Å². The minimum absolute atomic E-state index is 0.0370. The summed E-state index contributed by atoms with van der Waals surface area (Å²) >= 11 is 0. The second kappa shape index (κ2) is 12.5. The van der Waals surface area contributed by atoms with Gasteiger partial charge in [-0.05, 0) is 98.4 Å². The van der Waals surface area contributed by atoms with Gasteiger partial charge in [-0.25, -0.2) is 4.98 Å². The Hall–Kier alpha value is -4.70. The molecule has 0 amide bonds. The van der Waals surface area contributed by atoms with E-state index in [1.807, 2.05) is 6.20 Å². The van der Waals surface area contributed by atoms with Gasteiger partial charge in [-0.15, -0.1) is 0 Å². The molecular weight excluding hydrogens is 623 g/mol. The van der Waals surface area contributed by atoms with Crippen molar-refractivity contribution in [3.8, 4) is 50.5 Å². The molecule has 0 saturated heterocycles. The van der Waals surface area contributed by atoms with Crippen molar-refractivity contribution in [2.45, 2.75) is 112 Å². The maximum absolute atomic E-state index is 11.7. The van der Waals surface area contributed by atoms with Crippen molar-refractivity contribution < 1.29 is 5.11 Å². The third-order valence-corrected chi connectivity index (χ3v) is 10.2. The zero-order chi connectivity index (χ0) is 37.3. The fraction of sp³-hybridized carbons (Fsp3) is 0.362. The van der Waals surface area contributed by atoms with Crippen molar-refractivity contribution in [2.24, 2.45) is 0 Å². The first kappa shape index (κ1) is 36.1. The van der Waals surface area contributed by atoms with E-state index in [1.54, 1.807) is 0 Å². The normalized spacial score (nSPS) is 12.9. The van der Waals surface area contributed by atoms with E-state index in [1.165, 1.54) is 22.3 Å². The molecule has 0 aliphatic rings. The number of phenols is 1. The molecule has 6 aromatic rings. The van der Waals surface area contributed by atoms with Crippen LogP contribution in [-0.2, 0) is 21.7 Å². The SMILES string of the molecule is Cc1c(-c2cc(C(C)(C)C)cc(C(C)(C)C)c2O)nc2c(-c3cccc(-c4cc(-c5cc(C(C)(C)C)cc(C(C)(C)C)c5)ccn4)c3)cccn12. The van der Waals surface area contributed by atoms with Crippen molar-refractivity contribution >= 4 is 5.65 Å². The Labute approximate surface area is 305 Å². The van der Waals surface area contributed by atoms with Gasteiger partial charge in [0, 0.05) is 40.3 Å². The number of aryl methyl sites for hydroxylation is 1. The topological polar surface area (TPSA) is 50.4 Å². The van der Waals surface area contributed by atoms with Gasteiger partial charge in [0.2, 0.25) is 0 Å². The quantitative estimate of drug-likeness (QED) is 0.202. The molecule has 0 spiro atoms. The molecule has 0 fully saturated rings. The summed E-state index contributed by atoms with van der Waals surface area (Å²) in [5, 5.41) is 11.7. The van der Waals surface area contributed by atoms with Crippen LogP contribution in [0, 0.1) is 6.92 Å². The average molecular weight is 678 g/mol. The van der Waals surface area contributed by atoms with E-state index >= 15 is 0 Å². The van der Waals surface area contributed by atoms with Crippen molar-refractivity contribution in [2.75, 3.05) is 0 Å². The largest absolute Gasteiger partial charge is 0.507 e. The average Bonchev–Trinajstić information content (AvgIpc) is 3.39. The van der Waals surface area contributed by atoms with Gasteiger partial charge in [0.25, 0.3) is 0 Å². The Balaban J connectivity index is 1.46. The predicted molar refractivity (Wildman–Crippen MR) is 216 cm³/mol. The highest BCUT2D eigenvalue weighted by Gasteiger charge is 2.28. The number of hydrogen-bond donors (Lipinski definition) is 1. The standard InChI is InChI=1S/C47H55N3O/c1-29-41(38-27-36(46(8,9)10)28-39(42(38)51)47(11,12)13)49-43-37(18-15-21-50(29)43)31-16-14-17-32(22-31)40-25-30(19-20-48-40)33-23-34(44(2,3)4)26-35(24-33)45(5,6)7/h14-28,51H,1-13H3. The van der Waals surface area contributed by atoms with Crippen LogP contribution in [0.3, 0.4) is 0 Å². The van der Waals surface area contributed by atoms with E-state index in [2.05, 4.69) is 179 Å². The Morgan fingerprint density at radius 1 is 0.549 bits per heavy atom. The van der Waals surface area contributed by atoms with Gasteiger partial charge >= 0.3 is 0 Å². The number of fused-ring (bicyclic) bond motifs is 1. The Kier molecular flexibility index (Phi) is 8.86. The minimum Gasteiger partial charge on any atom is -0.507 e. The highest BCUT2D eigenvalue weighted by atomic mass is 16.3. The van der Waals surface area contributed by atoms with Crippen LogP contribution >= 0.6 is 0 Å². The summed E-state index contributed by atoms with van der Waals surface area (Å²) in [5.74, 6) is 0.305. The van der Waals surface area contributed by atoms with Gasteiger partial charge in [0.05, 0.1) is 11.4 Å². The summed E-state index contributed by atoms with van der Waals surface area (Å²) < 4.78 is 2.14. The second-order valence-electron chi connectivity index (χ2n) is 18.4. The van der Waals surface area contributed by atoms with Gasteiger partial charge in [0.15, 0.2) is 0 Å². The number of rotatable bonds is 4. The van der Waals surface area contributed by atoms with Gasteiger partial charge in [0.1, 0.15) is 11.4 Å². The summed E-state index contributed by atoms with van der Waals surface area (Å²) in [6, 6.07) is 28.5. The lowest BCUT2D eigenvalue weighted by atomic mass is 9.78. The highest BCUT2D eigenvalue weighted by Crippen LogP contribution is 2.43. The first-order valence-electron chi connectivity index (χ1n) is 18.2. The predicted octanol–water partition coefficient (Wildman–Crippen LogP) is 12.6. The molecule has 6 rings (SSSR count). The van der Waals surface area contributed by atoms with Crippen LogP contribution in [0.4, 0.5) is 0 Å². The van der Waals surface area contributed by atoms with E-state index in [4.69, 9.17) is 9.97 Å². The summed E-state index contributed by atoms with van der Waals surface area (Å²) in [7, 11) is 0. The molecule has 0 radical (unpaired) electrons. The van der Waals surface area contributed by atoms with Crippen molar-refractivity contribution in [1.29, 1.82) is 0 Å². The number of nitrogens with zero attached hydrogens (tertiary/aromatic N) is 3. The summed E-state index contributed by atoms with van der Waals surface area (Å²) in [6.45, 7) is 28.9. The molecule has 0 saturated carbocycles. The lowest BCUT2D eigenvalue weighted by Gasteiger charge is -2.27. The molecule has 0 aliphatic heterocycles. The molecule has 51 heavy (non-hydrogen) atoms. The molecule has 0 atom stereocenters. The smallest absolute Gasteiger partial charge is 0.145 e. The number of phenolic OH excluding ortho intramolecular Hbond substituents is 1. The minimum atomic E-state index is -0.228. The zero-order valence-corrected chi connectivity index (χ0v) is 32.9. The van der Waals surface area contributed by atoms with Gasteiger partial charge in [-0.1, -0.05) is 126 Å². The van der Waals surface area contributed by atoms with E-state index < -0.39 is 0 Å². The third-order valence-electron chi connectivity index (χ3n) is 10.2. The molecule has 3 aromatic carbocycles. The summed E-state index contributed by atoms with van der Waals surface area (Å²) in [4.78, 5) is 10.1. The molecule has 3 aromatic heterocycles. The third kappa shape index (κ3) is 7.11. The van der Waals surface area contributed by atoms with Crippen molar-refractivity contribution in [3.63, 3.8) is 0 Å². The maximum atomic E-state index is 11.7. The van der Waals surface area contributed by atoms with Gasteiger partial charge < -0.3 is 9.51 Å². The fourth-order valence-electron chi connectivity index (χ4n) is 6.76. The maximum Gasteiger partial charge on any atom is 0.145 e. The first-order chi connectivity index (χ1) is 23.6. The van der Waals surface area contributed by atoms with Crippen LogP contribution in [0.15, 0.2) is 91.3 Å². The number of hydrogen-bond acceptors (Lipinski definition) is 3. The van der Waals surface area contributed by atoms with E-state index in [0.29, 0.717) is 5.75 Å². The molecule has 3 heterocycles. The molecular formula is C47H55N3O.